The van der Waals surface area contributed by atoms with Gasteiger partial charge in [-0.1, -0.05) is 11.6 Å². The van der Waals surface area contributed by atoms with E-state index in [9.17, 15) is 13.2 Å². The highest BCUT2D eigenvalue weighted by atomic mass is 35.5. The molecule has 2 aromatic heterocycles. The Labute approximate surface area is 148 Å². The van der Waals surface area contributed by atoms with Crippen LogP contribution in [-0.2, 0) is 6.18 Å². The van der Waals surface area contributed by atoms with Crippen LogP contribution in [0, 0.1) is 0 Å². The predicted octanol–water partition coefficient (Wildman–Crippen LogP) is 3.65. The van der Waals surface area contributed by atoms with Gasteiger partial charge in [0.15, 0.2) is 0 Å². The van der Waals surface area contributed by atoms with Crippen LogP contribution in [-0.4, -0.2) is 41.1 Å². The van der Waals surface area contributed by atoms with E-state index >= 15 is 0 Å². The lowest BCUT2D eigenvalue weighted by Gasteiger charge is -2.37. The first-order chi connectivity index (χ1) is 11.8. The molecule has 9 heteroatoms. The fourth-order valence-corrected chi connectivity index (χ4v) is 2.97. The van der Waals surface area contributed by atoms with Crippen LogP contribution in [0.25, 0.3) is 0 Å². The van der Waals surface area contributed by atoms with Gasteiger partial charge in [-0.2, -0.15) is 13.2 Å². The first-order valence-corrected chi connectivity index (χ1v) is 8.21. The van der Waals surface area contributed by atoms with E-state index in [2.05, 4.69) is 15.0 Å². The van der Waals surface area contributed by atoms with Crippen LogP contribution in [0.3, 0.4) is 0 Å². The van der Waals surface area contributed by atoms with Crippen molar-refractivity contribution in [1.82, 2.24) is 15.0 Å². The van der Waals surface area contributed by atoms with Gasteiger partial charge in [-0.15, -0.1) is 0 Å². The zero-order valence-corrected chi connectivity index (χ0v) is 14.3. The van der Waals surface area contributed by atoms with Crippen molar-refractivity contribution in [2.75, 3.05) is 29.9 Å². The third-order valence-corrected chi connectivity index (χ3v) is 4.53. The van der Waals surface area contributed by atoms with Crippen LogP contribution in [0.15, 0.2) is 30.7 Å². The average Bonchev–Trinajstić information content (AvgIpc) is 2.61. The molecule has 25 heavy (non-hydrogen) atoms. The number of halogens is 4. The Kier molecular flexibility index (Phi) is 4.99. The van der Waals surface area contributed by atoms with E-state index in [4.69, 9.17) is 11.6 Å². The standard InChI is InChI=1S/C16H17ClF3N5/c1-24(15-22-9-12(17)10-23-15)13-4-6-25(7-5-13)14-3-2-11(8-21-14)16(18,19)20/h2-3,8-10,13H,4-7H2,1H3. The van der Waals surface area contributed by atoms with Crippen molar-refractivity contribution in [1.29, 1.82) is 0 Å². The van der Waals surface area contributed by atoms with Crippen molar-refractivity contribution in [3.8, 4) is 0 Å². The fraction of sp³-hybridized carbons (Fsp3) is 0.438. The molecule has 134 valence electrons. The Morgan fingerprint density at radius 2 is 1.72 bits per heavy atom. The van der Waals surface area contributed by atoms with Crippen LogP contribution in [0.2, 0.25) is 5.02 Å². The smallest absolute Gasteiger partial charge is 0.356 e. The van der Waals surface area contributed by atoms with Crippen LogP contribution in [0.5, 0.6) is 0 Å². The van der Waals surface area contributed by atoms with E-state index in [1.54, 1.807) is 12.4 Å². The summed E-state index contributed by atoms with van der Waals surface area (Å²) in [6.07, 6.45) is 1.31. The second-order valence-electron chi connectivity index (χ2n) is 5.93. The molecule has 0 radical (unpaired) electrons. The van der Waals surface area contributed by atoms with Crippen molar-refractivity contribution in [3.05, 3.63) is 41.3 Å². The summed E-state index contributed by atoms with van der Waals surface area (Å²) in [4.78, 5) is 16.4. The molecule has 0 amide bonds. The maximum absolute atomic E-state index is 12.6. The molecule has 0 bridgehead atoms. The highest BCUT2D eigenvalue weighted by molar-refractivity contribution is 6.30. The second kappa shape index (κ2) is 7.03. The lowest BCUT2D eigenvalue weighted by molar-refractivity contribution is -0.137. The maximum atomic E-state index is 12.6. The van der Waals surface area contributed by atoms with Crippen molar-refractivity contribution < 1.29 is 13.2 Å². The van der Waals surface area contributed by atoms with Gasteiger partial charge in [0.25, 0.3) is 0 Å². The molecule has 1 aliphatic rings. The first-order valence-electron chi connectivity index (χ1n) is 7.83. The predicted molar refractivity (Wildman–Crippen MR) is 89.9 cm³/mol. The Bertz CT molecular complexity index is 697. The van der Waals surface area contributed by atoms with Crippen LogP contribution in [0.1, 0.15) is 18.4 Å². The third kappa shape index (κ3) is 4.12. The number of hydrogen-bond acceptors (Lipinski definition) is 5. The van der Waals surface area contributed by atoms with E-state index in [1.807, 2.05) is 16.8 Å². The average molecular weight is 372 g/mol. The SMILES string of the molecule is CN(c1ncc(Cl)cn1)C1CCN(c2ccc(C(F)(F)F)cn2)CC1. The summed E-state index contributed by atoms with van der Waals surface area (Å²) in [6, 6.07) is 2.75. The zero-order valence-electron chi connectivity index (χ0n) is 13.5. The van der Waals surface area contributed by atoms with Crippen LogP contribution < -0.4 is 9.80 Å². The highest BCUT2D eigenvalue weighted by Crippen LogP contribution is 2.30. The minimum atomic E-state index is -4.36. The molecule has 0 saturated carbocycles. The van der Waals surface area contributed by atoms with Crippen molar-refractivity contribution in [3.63, 3.8) is 0 Å². The molecule has 3 rings (SSSR count). The Balaban J connectivity index is 1.60. The molecular weight excluding hydrogens is 355 g/mol. The van der Waals surface area contributed by atoms with Crippen molar-refractivity contribution in [2.45, 2.75) is 25.1 Å². The topological polar surface area (TPSA) is 45.2 Å². The maximum Gasteiger partial charge on any atom is 0.417 e. The lowest BCUT2D eigenvalue weighted by atomic mass is 10.0. The van der Waals surface area contributed by atoms with E-state index in [0.29, 0.717) is 29.9 Å². The molecule has 1 fully saturated rings. The number of anilines is 2. The molecule has 3 heterocycles. The third-order valence-electron chi connectivity index (χ3n) is 4.33. The van der Waals surface area contributed by atoms with Gasteiger partial charge in [-0.25, -0.2) is 15.0 Å². The summed E-state index contributed by atoms with van der Waals surface area (Å²) in [5.41, 5.74) is -0.731. The van der Waals surface area contributed by atoms with Crippen LogP contribution in [0.4, 0.5) is 24.9 Å². The number of rotatable bonds is 3. The molecule has 0 aromatic carbocycles. The van der Waals surface area contributed by atoms with Gasteiger partial charge in [0.1, 0.15) is 5.82 Å². The minimum absolute atomic E-state index is 0.256. The van der Waals surface area contributed by atoms with E-state index in [1.165, 1.54) is 6.07 Å². The summed E-state index contributed by atoms with van der Waals surface area (Å²) in [7, 11) is 1.93. The molecule has 0 spiro atoms. The van der Waals surface area contributed by atoms with Gasteiger partial charge in [0.2, 0.25) is 5.95 Å². The molecule has 0 aliphatic carbocycles. The fourth-order valence-electron chi connectivity index (χ4n) is 2.87. The summed E-state index contributed by atoms with van der Waals surface area (Å²) in [5.74, 6) is 1.17. The van der Waals surface area contributed by atoms with Gasteiger partial charge in [0.05, 0.1) is 23.0 Å². The monoisotopic (exact) mass is 371 g/mol. The molecule has 0 atom stereocenters. The summed E-state index contributed by atoms with van der Waals surface area (Å²) >= 11 is 5.80. The van der Waals surface area contributed by atoms with Gasteiger partial charge in [-0.3, -0.25) is 0 Å². The Morgan fingerprint density at radius 1 is 1.08 bits per heavy atom. The number of nitrogens with zero attached hydrogens (tertiary/aromatic N) is 5. The number of alkyl halides is 3. The molecule has 0 unspecified atom stereocenters. The Hall–Kier alpha value is -2.09. The summed E-state index contributed by atoms with van der Waals surface area (Å²) in [5, 5.41) is 0.486. The minimum Gasteiger partial charge on any atom is -0.356 e. The van der Waals surface area contributed by atoms with Gasteiger partial charge in [-0.05, 0) is 25.0 Å². The summed E-state index contributed by atoms with van der Waals surface area (Å²) in [6.45, 7) is 1.42. The van der Waals surface area contributed by atoms with E-state index in [0.717, 1.165) is 25.1 Å². The van der Waals surface area contributed by atoms with E-state index in [-0.39, 0.29) is 6.04 Å². The van der Waals surface area contributed by atoms with Crippen molar-refractivity contribution >= 4 is 23.4 Å². The van der Waals surface area contributed by atoms with E-state index < -0.39 is 11.7 Å². The zero-order chi connectivity index (χ0) is 18.0. The normalized spacial score (nSPS) is 16.1. The molecule has 1 saturated heterocycles. The highest BCUT2D eigenvalue weighted by Gasteiger charge is 2.31. The molecule has 1 aliphatic heterocycles. The van der Waals surface area contributed by atoms with Gasteiger partial charge < -0.3 is 9.80 Å². The number of piperidine rings is 1. The molecule has 5 nitrogen and oxygen atoms in total. The Morgan fingerprint density at radius 3 is 2.24 bits per heavy atom. The molecule has 0 N–H and O–H groups in total. The van der Waals surface area contributed by atoms with Crippen LogP contribution >= 0.6 is 11.6 Å². The number of hydrogen-bond donors (Lipinski definition) is 0. The quantitative estimate of drug-likeness (QED) is 0.824. The first kappa shape index (κ1) is 17.7. The van der Waals surface area contributed by atoms with Crippen molar-refractivity contribution in [2.24, 2.45) is 0 Å². The number of pyridine rings is 1. The molecule has 2 aromatic rings. The largest absolute Gasteiger partial charge is 0.417 e. The summed E-state index contributed by atoms with van der Waals surface area (Å²) < 4.78 is 37.8. The van der Waals surface area contributed by atoms with Gasteiger partial charge >= 0.3 is 6.18 Å². The number of aromatic nitrogens is 3. The molecular formula is C16H17ClF3N5. The lowest BCUT2D eigenvalue weighted by Crippen LogP contribution is -2.44. The second-order valence-corrected chi connectivity index (χ2v) is 6.37. The van der Waals surface area contributed by atoms with Gasteiger partial charge in [0, 0.05) is 32.4 Å².